The highest BCUT2D eigenvalue weighted by molar-refractivity contribution is 8.15. The number of hydrogen-bond acceptors (Lipinski definition) is 3. The van der Waals surface area contributed by atoms with Crippen LogP contribution in [0.15, 0.2) is 59.6 Å². The van der Waals surface area contributed by atoms with Crippen LogP contribution in [0.2, 0.25) is 5.02 Å². The number of hydrogen-bond donors (Lipinski definition) is 1. The summed E-state index contributed by atoms with van der Waals surface area (Å²) in [5.41, 5.74) is 1.43. The van der Waals surface area contributed by atoms with Crippen molar-refractivity contribution in [3.05, 3.63) is 59.6 Å². The molecule has 3 rings (SSSR count). The minimum atomic E-state index is -0.257. The van der Waals surface area contributed by atoms with Crippen LogP contribution in [0.3, 0.4) is 0 Å². The number of rotatable bonds is 2. The van der Waals surface area contributed by atoms with Crippen molar-refractivity contribution < 1.29 is 4.79 Å². The Balaban J connectivity index is 1.92. The minimum Gasteiger partial charge on any atom is -0.307 e. The molecular weight excluding hydrogens is 342 g/mol. The van der Waals surface area contributed by atoms with Gasteiger partial charge in [0.15, 0.2) is 5.17 Å². The molecule has 0 aromatic heterocycles. The van der Waals surface area contributed by atoms with Crippen LogP contribution in [-0.2, 0) is 0 Å². The topological polar surface area (TPSA) is 44.7 Å². The fourth-order valence-corrected chi connectivity index (χ4v) is 3.53. The molecule has 124 valence electrons. The SMILES string of the molecule is CC1(C)CN=C(N(C(=O)Nc2ccccc2)c2cccc(Cl)c2)S1. The highest BCUT2D eigenvalue weighted by Gasteiger charge is 2.33. The Bertz CT molecular complexity index is 777. The Morgan fingerprint density at radius 1 is 1.21 bits per heavy atom. The fraction of sp³-hybridized carbons (Fsp3) is 0.222. The van der Waals surface area contributed by atoms with E-state index in [2.05, 4.69) is 24.2 Å². The average molecular weight is 360 g/mol. The van der Waals surface area contributed by atoms with E-state index in [1.807, 2.05) is 42.5 Å². The maximum absolute atomic E-state index is 12.9. The Kier molecular flexibility index (Phi) is 4.83. The molecule has 1 N–H and O–H groups in total. The molecule has 1 aliphatic heterocycles. The van der Waals surface area contributed by atoms with Crippen LogP contribution < -0.4 is 10.2 Å². The number of thioether (sulfide) groups is 1. The van der Waals surface area contributed by atoms with E-state index in [4.69, 9.17) is 11.6 Å². The van der Waals surface area contributed by atoms with Crippen molar-refractivity contribution in [3.63, 3.8) is 0 Å². The van der Waals surface area contributed by atoms with Gasteiger partial charge in [-0.3, -0.25) is 4.99 Å². The standard InChI is InChI=1S/C18H18ClN3OS/c1-18(2)12-20-17(24-18)22(15-10-6-7-13(19)11-15)16(23)21-14-8-4-3-5-9-14/h3-11H,12H2,1-2H3,(H,21,23). The first-order chi connectivity index (χ1) is 11.4. The number of anilines is 2. The van der Waals surface area contributed by atoms with E-state index in [0.717, 1.165) is 5.69 Å². The zero-order valence-corrected chi connectivity index (χ0v) is 15.1. The van der Waals surface area contributed by atoms with Crippen molar-refractivity contribution in [2.75, 3.05) is 16.8 Å². The van der Waals surface area contributed by atoms with E-state index >= 15 is 0 Å². The molecule has 1 aliphatic rings. The van der Waals surface area contributed by atoms with Crippen molar-refractivity contribution in [1.82, 2.24) is 0 Å². The normalized spacial score (nSPS) is 15.7. The number of nitrogens with one attached hydrogen (secondary N) is 1. The number of amides is 2. The predicted molar refractivity (Wildman–Crippen MR) is 103 cm³/mol. The number of amidine groups is 1. The van der Waals surface area contributed by atoms with E-state index in [-0.39, 0.29) is 10.8 Å². The van der Waals surface area contributed by atoms with E-state index in [1.54, 1.807) is 28.8 Å². The molecule has 0 aliphatic carbocycles. The van der Waals surface area contributed by atoms with Gasteiger partial charge in [-0.05, 0) is 44.2 Å². The fourth-order valence-electron chi connectivity index (χ4n) is 2.32. The van der Waals surface area contributed by atoms with E-state index in [9.17, 15) is 4.79 Å². The highest BCUT2D eigenvalue weighted by Crippen LogP contribution is 2.35. The number of urea groups is 1. The zero-order chi connectivity index (χ0) is 17.2. The number of halogens is 1. The van der Waals surface area contributed by atoms with E-state index in [0.29, 0.717) is 22.4 Å². The van der Waals surface area contributed by atoms with Gasteiger partial charge in [-0.25, -0.2) is 9.69 Å². The second-order valence-corrected chi connectivity index (χ2v) is 8.18. The maximum atomic E-state index is 12.9. The zero-order valence-electron chi connectivity index (χ0n) is 13.5. The largest absolute Gasteiger partial charge is 0.332 e. The van der Waals surface area contributed by atoms with Gasteiger partial charge < -0.3 is 5.32 Å². The summed E-state index contributed by atoms with van der Waals surface area (Å²) in [6.45, 7) is 4.89. The summed E-state index contributed by atoms with van der Waals surface area (Å²) in [6, 6.07) is 16.3. The molecule has 0 saturated carbocycles. The molecule has 6 heteroatoms. The Hall–Kier alpha value is -1.98. The van der Waals surface area contributed by atoms with Crippen LogP contribution in [0.25, 0.3) is 0 Å². The summed E-state index contributed by atoms with van der Waals surface area (Å²) in [4.78, 5) is 19.0. The molecule has 0 unspecified atom stereocenters. The molecule has 0 fully saturated rings. The Labute approximate surface area is 150 Å². The lowest BCUT2D eigenvalue weighted by Crippen LogP contribution is -2.38. The number of carbonyl (C=O) groups excluding carboxylic acids is 1. The second-order valence-electron chi connectivity index (χ2n) is 6.07. The lowest BCUT2D eigenvalue weighted by Gasteiger charge is -2.24. The first kappa shape index (κ1) is 16.9. The number of para-hydroxylation sites is 1. The summed E-state index contributed by atoms with van der Waals surface area (Å²) in [5, 5.41) is 4.17. The minimum absolute atomic E-state index is 0.0286. The van der Waals surface area contributed by atoms with Gasteiger partial charge in [-0.1, -0.05) is 47.6 Å². The summed E-state index contributed by atoms with van der Waals surface area (Å²) < 4.78 is -0.0286. The third-order valence-electron chi connectivity index (χ3n) is 3.45. The van der Waals surface area contributed by atoms with Gasteiger partial charge in [0.25, 0.3) is 0 Å². The van der Waals surface area contributed by atoms with E-state index in [1.165, 1.54) is 0 Å². The van der Waals surface area contributed by atoms with Crippen molar-refractivity contribution in [1.29, 1.82) is 0 Å². The molecule has 0 spiro atoms. The molecule has 0 atom stereocenters. The molecule has 1 heterocycles. The van der Waals surface area contributed by atoms with Gasteiger partial charge in [0.2, 0.25) is 0 Å². The van der Waals surface area contributed by atoms with Gasteiger partial charge in [0.05, 0.1) is 12.2 Å². The third-order valence-corrected chi connectivity index (χ3v) is 4.86. The van der Waals surface area contributed by atoms with Gasteiger partial charge in [0, 0.05) is 15.5 Å². The van der Waals surface area contributed by atoms with Crippen LogP contribution in [-0.4, -0.2) is 22.5 Å². The second kappa shape index (κ2) is 6.87. The van der Waals surface area contributed by atoms with Crippen molar-refractivity contribution in [2.45, 2.75) is 18.6 Å². The lowest BCUT2D eigenvalue weighted by atomic mass is 10.2. The molecule has 4 nitrogen and oxygen atoms in total. The first-order valence-electron chi connectivity index (χ1n) is 7.60. The summed E-state index contributed by atoms with van der Waals surface area (Å²) >= 11 is 7.70. The molecule has 2 aromatic rings. The predicted octanol–water partition coefficient (Wildman–Crippen LogP) is 5.26. The molecule has 2 amide bonds. The number of benzene rings is 2. The number of nitrogens with zero attached hydrogens (tertiary/aromatic N) is 2. The molecule has 0 bridgehead atoms. The van der Waals surface area contributed by atoms with Crippen molar-refractivity contribution in [2.24, 2.45) is 4.99 Å². The summed E-state index contributed by atoms with van der Waals surface area (Å²) in [6.07, 6.45) is 0. The smallest absolute Gasteiger partial charge is 0.307 e. The van der Waals surface area contributed by atoms with Crippen LogP contribution in [0, 0.1) is 0 Å². The number of carbonyl (C=O) groups is 1. The third kappa shape index (κ3) is 3.91. The van der Waals surface area contributed by atoms with Crippen molar-refractivity contribution >= 4 is 45.9 Å². The highest BCUT2D eigenvalue weighted by atomic mass is 35.5. The van der Waals surface area contributed by atoms with Gasteiger partial charge in [0.1, 0.15) is 0 Å². The van der Waals surface area contributed by atoms with Crippen LogP contribution >= 0.6 is 23.4 Å². The van der Waals surface area contributed by atoms with E-state index < -0.39 is 0 Å². The monoisotopic (exact) mass is 359 g/mol. The molecule has 0 saturated heterocycles. The molecule has 2 aromatic carbocycles. The van der Waals surface area contributed by atoms with Gasteiger partial charge >= 0.3 is 6.03 Å². The average Bonchev–Trinajstić information content (AvgIpc) is 2.88. The van der Waals surface area contributed by atoms with Crippen LogP contribution in [0.5, 0.6) is 0 Å². The molecule has 0 radical (unpaired) electrons. The van der Waals surface area contributed by atoms with Crippen LogP contribution in [0.4, 0.5) is 16.2 Å². The van der Waals surface area contributed by atoms with Crippen molar-refractivity contribution in [3.8, 4) is 0 Å². The Morgan fingerprint density at radius 3 is 2.58 bits per heavy atom. The molecular formula is C18H18ClN3OS. The maximum Gasteiger partial charge on any atom is 0.332 e. The first-order valence-corrected chi connectivity index (χ1v) is 8.79. The van der Waals surface area contributed by atoms with Gasteiger partial charge in [-0.2, -0.15) is 0 Å². The quantitative estimate of drug-likeness (QED) is 0.794. The van der Waals surface area contributed by atoms with Crippen LogP contribution in [0.1, 0.15) is 13.8 Å². The Morgan fingerprint density at radius 2 is 1.96 bits per heavy atom. The number of aliphatic imine (C=N–C) groups is 1. The molecule has 24 heavy (non-hydrogen) atoms. The summed E-state index contributed by atoms with van der Waals surface area (Å²) in [7, 11) is 0. The summed E-state index contributed by atoms with van der Waals surface area (Å²) in [5.74, 6) is 0. The van der Waals surface area contributed by atoms with Gasteiger partial charge in [-0.15, -0.1) is 0 Å². The lowest BCUT2D eigenvalue weighted by molar-refractivity contribution is 0.259.